The summed E-state index contributed by atoms with van der Waals surface area (Å²) >= 11 is 2.15. The molecular formula is C28H26N4O7S2. The Morgan fingerprint density at radius 3 is 2.32 bits per heavy atom. The quantitative estimate of drug-likeness (QED) is 0.240. The lowest BCUT2D eigenvalue weighted by Gasteiger charge is -2.31. The molecule has 3 atom stereocenters. The van der Waals surface area contributed by atoms with E-state index in [0.717, 1.165) is 52.8 Å². The number of nitro groups is 1. The molecule has 3 aromatic rings. The number of ether oxygens (including phenoxy) is 1. The number of carbonyl (C=O) groups is 3. The molecule has 0 saturated carbocycles. The molecule has 2 saturated heterocycles. The van der Waals surface area contributed by atoms with Crippen molar-refractivity contribution in [2.75, 3.05) is 25.1 Å². The molecule has 212 valence electrons. The first-order chi connectivity index (χ1) is 19.8. The Kier molecular flexibility index (Phi) is 7.16. The number of hydrogen-bond donors (Lipinski definition) is 0. The molecule has 41 heavy (non-hydrogen) atoms. The summed E-state index contributed by atoms with van der Waals surface area (Å²) < 4.78 is 6.75. The molecule has 11 nitrogen and oxygen atoms in total. The lowest BCUT2D eigenvalue weighted by molar-refractivity contribution is -0.384. The summed E-state index contributed by atoms with van der Waals surface area (Å²) in [6, 6.07) is 12.5. The van der Waals surface area contributed by atoms with Gasteiger partial charge in [-0.1, -0.05) is 35.2 Å². The summed E-state index contributed by atoms with van der Waals surface area (Å²) in [5, 5.41) is 10.8. The van der Waals surface area contributed by atoms with Gasteiger partial charge in [-0.05, 0) is 49.1 Å². The number of nitrogens with zero attached hydrogens (tertiary/aromatic N) is 4. The first-order valence-electron chi connectivity index (χ1n) is 13.2. The topological polar surface area (TPSA) is 132 Å². The van der Waals surface area contributed by atoms with Crippen LogP contribution >= 0.6 is 23.1 Å². The van der Waals surface area contributed by atoms with Gasteiger partial charge in [0.05, 0.1) is 28.7 Å². The summed E-state index contributed by atoms with van der Waals surface area (Å²) in [6.07, 6.45) is 2.92. The zero-order valence-corrected chi connectivity index (χ0v) is 23.7. The molecule has 0 radical (unpaired) electrons. The number of thioether (sulfide) groups is 1. The number of imide groups is 1. The molecule has 3 unspecified atom stereocenters. The second kappa shape index (κ2) is 10.8. The number of likely N-dealkylation sites (tertiary alicyclic amines) is 1. The van der Waals surface area contributed by atoms with Crippen LogP contribution in [0, 0.1) is 16.0 Å². The van der Waals surface area contributed by atoms with Crippen LogP contribution in [0.1, 0.15) is 35.6 Å². The van der Waals surface area contributed by atoms with Crippen molar-refractivity contribution >= 4 is 52.2 Å². The van der Waals surface area contributed by atoms with Crippen molar-refractivity contribution in [3.63, 3.8) is 0 Å². The average molecular weight is 595 g/mol. The van der Waals surface area contributed by atoms with Gasteiger partial charge >= 0.3 is 4.87 Å². The fourth-order valence-corrected chi connectivity index (χ4v) is 8.56. The van der Waals surface area contributed by atoms with E-state index in [4.69, 9.17) is 4.74 Å². The van der Waals surface area contributed by atoms with Gasteiger partial charge in [0.1, 0.15) is 17.5 Å². The number of hydrogen-bond acceptors (Lipinski definition) is 9. The van der Waals surface area contributed by atoms with Crippen molar-refractivity contribution in [3.05, 3.63) is 78.8 Å². The molecule has 6 rings (SSSR count). The van der Waals surface area contributed by atoms with Gasteiger partial charge in [-0.3, -0.25) is 33.9 Å². The number of rotatable bonds is 6. The highest BCUT2D eigenvalue weighted by Gasteiger charge is 2.57. The molecule has 0 aliphatic carbocycles. The Labute approximate surface area is 242 Å². The van der Waals surface area contributed by atoms with E-state index in [0.29, 0.717) is 28.7 Å². The highest BCUT2D eigenvalue weighted by atomic mass is 32.2. The van der Waals surface area contributed by atoms with E-state index in [1.165, 1.54) is 28.8 Å². The number of carbonyl (C=O) groups excluding carboxylic acids is 3. The Hall–Kier alpha value is -3.97. The Morgan fingerprint density at radius 1 is 1.00 bits per heavy atom. The second-order valence-corrected chi connectivity index (χ2v) is 12.3. The summed E-state index contributed by atoms with van der Waals surface area (Å²) in [6.45, 7) is 1.19. The van der Waals surface area contributed by atoms with E-state index >= 15 is 0 Å². The first-order valence-corrected chi connectivity index (χ1v) is 14.9. The SMILES string of the molecule is COc1ccc(C2c3sc(=O)n(CC(=O)N4CCCCC4)c3SC3C(=O)N(c4ccc([N+](=O)[O-])cc4)C(=O)C32)cc1. The number of benzene rings is 2. The first kappa shape index (κ1) is 27.2. The molecule has 3 aliphatic heterocycles. The van der Waals surface area contributed by atoms with Crippen LogP contribution in [0.5, 0.6) is 5.75 Å². The molecule has 2 fully saturated rings. The molecular weight excluding hydrogens is 568 g/mol. The van der Waals surface area contributed by atoms with Crippen molar-refractivity contribution in [2.45, 2.75) is 42.0 Å². The van der Waals surface area contributed by atoms with Gasteiger partial charge in [-0.15, -0.1) is 0 Å². The third-order valence-electron chi connectivity index (χ3n) is 7.85. The lowest BCUT2D eigenvalue weighted by Crippen LogP contribution is -2.39. The van der Waals surface area contributed by atoms with Gasteiger partial charge in [0.25, 0.3) is 5.69 Å². The van der Waals surface area contributed by atoms with E-state index in [9.17, 15) is 29.3 Å². The van der Waals surface area contributed by atoms with Gasteiger partial charge in [0, 0.05) is 36.0 Å². The summed E-state index contributed by atoms with van der Waals surface area (Å²) in [7, 11) is 1.55. The third kappa shape index (κ3) is 4.72. The van der Waals surface area contributed by atoms with E-state index in [-0.39, 0.29) is 28.7 Å². The van der Waals surface area contributed by atoms with Gasteiger partial charge in [0.2, 0.25) is 17.7 Å². The molecule has 2 aromatic carbocycles. The summed E-state index contributed by atoms with van der Waals surface area (Å²) in [5.41, 5.74) is 0.834. The largest absolute Gasteiger partial charge is 0.497 e. The van der Waals surface area contributed by atoms with Crippen LogP contribution in [-0.2, 0) is 20.9 Å². The van der Waals surface area contributed by atoms with Crippen LogP contribution in [0.4, 0.5) is 11.4 Å². The molecule has 0 N–H and O–H groups in total. The Morgan fingerprint density at radius 2 is 1.68 bits per heavy atom. The van der Waals surface area contributed by atoms with Gasteiger partial charge in [0.15, 0.2) is 0 Å². The third-order valence-corrected chi connectivity index (χ3v) is 10.4. The minimum absolute atomic E-state index is 0.126. The number of aromatic nitrogens is 1. The van der Waals surface area contributed by atoms with E-state index < -0.39 is 33.8 Å². The second-order valence-electron chi connectivity index (χ2n) is 10.2. The average Bonchev–Trinajstić information content (AvgIpc) is 3.43. The smallest absolute Gasteiger partial charge is 0.308 e. The van der Waals surface area contributed by atoms with Crippen molar-refractivity contribution in [1.82, 2.24) is 9.47 Å². The number of fused-ring (bicyclic) bond motifs is 2. The van der Waals surface area contributed by atoms with E-state index in [2.05, 4.69) is 0 Å². The van der Waals surface area contributed by atoms with E-state index in [1.807, 2.05) is 12.1 Å². The van der Waals surface area contributed by atoms with Gasteiger partial charge < -0.3 is 9.64 Å². The summed E-state index contributed by atoms with van der Waals surface area (Å²) in [5.74, 6) is -1.84. The number of thiazole rings is 1. The molecule has 4 heterocycles. The minimum Gasteiger partial charge on any atom is -0.497 e. The zero-order valence-electron chi connectivity index (χ0n) is 22.1. The van der Waals surface area contributed by atoms with Crippen molar-refractivity contribution < 1.29 is 24.0 Å². The Bertz CT molecular complexity index is 1590. The number of non-ortho nitro benzene ring substituents is 1. The molecule has 0 bridgehead atoms. The number of methoxy groups -OCH3 is 1. The number of anilines is 1. The standard InChI is InChI=1S/C28H26N4O7S2/c1-39-19-11-5-16(6-12-19)21-22-23(26(35)31(25(22)34)17-7-9-18(10-8-17)32(37)38)40-27-24(21)41-28(36)30(27)15-20(33)29-13-3-2-4-14-29/h5-12,21-23H,2-4,13-15H2,1H3. The maximum atomic E-state index is 14.0. The maximum Gasteiger partial charge on any atom is 0.308 e. The molecule has 0 spiro atoms. The van der Waals surface area contributed by atoms with Crippen molar-refractivity contribution in [3.8, 4) is 5.75 Å². The van der Waals surface area contributed by atoms with Crippen LogP contribution in [0.3, 0.4) is 0 Å². The van der Waals surface area contributed by atoms with Crippen LogP contribution in [0.15, 0.2) is 58.4 Å². The van der Waals surface area contributed by atoms with Crippen LogP contribution in [0.2, 0.25) is 0 Å². The van der Waals surface area contributed by atoms with Crippen molar-refractivity contribution in [2.24, 2.45) is 5.92 Å². The normalized spacial score (nSPS) is 21.9. The minimum atomic E-state index is -0.845. The highest BCUT2D eigenvalue weighted by molar-refractivity contribution is 8.00. The Balaban J connectivity index is 1.42. The molecule has 3 amide bonds. The van der Waals surface area contributed by atoms with E-state index in [1.54, 1.807) is 24.1 Å². The highest BCUT2D eigenvalue weighted by Crippen LogP contribution is 2.54. The van der Waals surface area contributed by atoms with Crippen molar-refractivity contribution in [1.29, 1.82) is 0 Å². The fourth-order valence-electron chi connectivity index (χ4n) is 5.78. The molecule has 3 aliphatic rings. The lowest BCUT2D eigenvalue weighted by atomic mass is 9.83. The monoisotopic (exact) mass is 594 g/mol. The van der Waals surface area contributed by atoms with Crippen LogP contribution in [0.25, 0.3) is 0 Å². The molecule has 1 aromatic heterocycles. The predicted molar refractivity (Wildman–Crippen MR) is 153 cm³/mol. The maximum absolute atomic E-state index is 14.0. The number of nitro benzene ring substituents is 1. The summed E-state index contributed by atoms with van der Waals surface area (Å²) in [4.78, 5) is 68.0. The van der Waals surface area contributed by atoms with Crippen LogP contribution in [-0.4, -0.2) is 57.6 Å². The van der Waals surface area contributed by atoms with Gasteiger partial charge in [-0.25, -0.2) is 4.90 Å². The number of amides is 3. The fraction of sp³-hybridized carbons (Fsp3) is 0.357. The van der Waals surface area contributed by atoms with Crippen LogP contribution < -0.4 is 14.5 Å². The van der Waals surface area contributed by atoms with Gasteiger partial charge in [-0.2, -0.15) is 0 Å². The zero-order chi connectivity index (χ0) is 28.8. The predicted octanol–water partition coefficient (Wildman–Crippen LogP) is 3.63. The molecule has 13 heteroatoms. The number of piperidine rings is 1.